The van der Waals surface area contributed by atoms with E-state index in [0.717, 1.165) is 22.2 Å². The van der Waals surface area contributed by atoms with Gasteiger partial charge in [0, 0.05) is 11.1 Å². The number of amides is 1. The lowest BCUT2D eigenvalue weighted by Crippen LogP contribution is -2.20. The Kier molecular flexibility index (Phi) is 4.81. The number of benzene rings is 2. The quantitative estimate of drug-likeness (QED) is 0.492. The van der Waals surface area contributed by atoms with E-state index in [4.69, 9.17) is 10.6 Å². The van der Waals surface area contributed by atoms with Crippen LogP contribution < -0.4 is 21.3 Å². The number of para-hydroxylation sites is 1. The average Bonchev–Trinajstić information content (AvgIpc) is 2.61. The summed E-state index contributed by atoms with van der Waals surface area (Å²) in [7, 11) is 0. The van der Waals surface area contributed by atoms with E-state index in [-0.39, 0.29) is 12.5 Å². The van der Waals surface area contributed by atoms with E-state index in [2.05, 4.69) is 15.7 Å². The zero-order valence-corrected chi connectivity index (χ0v) is 14.2. The van der Waals surface area contributed by atoms with Gasteiger partial charge in [0.05, 0.1) is 0 Å². The Bertz CT molecular complexity index is 924. The normalized spacial score (nSPS) is 10.5. The second-order valence-corrected chi connectivity index (χ2v) is 5.82. The fourth-order valence-electron chi connectivity index (χ4n) is 2.60. The van der Waals surface area contributed by atoms with Crippen LogP contribution in [-0.2, 0) is 4.79 Å². The second kappa shape index (κ2) is 7.19. The summed E-state index contributed by atoms with van der Waals surface area (Å²) in [5, 5.41) is 3.77. The van der Waals surface area contributed by atoms with Crippen molar-refractivity contribution >= 4 is 28.3 Å². The monoisotopic (exact) mass is 336 g/mol. The van der Waals surface area contributed by atoms with Gasteiger partial charge >= 0.3 is 0 Å². The van der Waals surface area contributed by atoms with Crippen LogP contribution in [0.25, 0.3) is 10.9 Å². The molecule has 1 amide bonds. The Morgan fingerprint density at radius 1 is 1.16 bits per heavy atom. The fourth-order valence-corrected chi connectivity index (χ4v) is 2.60. The molecule has 0 saturated heterocycles. The molecule has 6 nitrogen and oxygen atoms in total. The minimum absolute atomic E-state index is 0.103. The Morgan fingerprint density at radius 2 is 2.00 bits per heavy atom. The number of nitrogens with one attached hydrogen (secondary N) is 2. The third kappa shape index (κ3) is 3.87. The minimum atomic E-state index is -0.225. The molecule has 3 rings (SSSR count). The Morgan fingerprint density at radius 3 is 2.76 bits per heavy atom. The number of aromatic nitrogens is 1. The Balaban J connectivity index is 1.72. The first-order valence-electron chi connectivity index (χ1n) is 7.93. The summed E-state index contributed by atoms with van der Waals surface area (Å²) in [4.78, 5) is 16.6. The molecule has 128 valence electrons. The molecule has 3 aromatic rings. The first-order valence-corrected chi connectivity index (χ1v) is 7.93. The highest BCUT2D eigenvalue weighted by molar-refractivity contribution is 5.93. The number of hydrazine groups is 1. The standard InChI is InChI=1S/C19H20N4O2/c1-12-6-8-15(13(2)10-12)21-18(24)11-25-16-5-3-4-14-7-9-17(23-20)22-19(14)16/h3-10H,11,20H2,1-2H3,(H,21,24)(H,22,23). The first-order chi connectivity index (χ1) is 12.1. The molecule has 0 bridgehead atoms. The highest BCUT2D eigenvalue weighted by Gasteiger charge is 2.09. The van der Waals surface area contributed by atoms with Crippen molar-refractivity contribution in [3.63, 3.8) is 0 Å². The van der Waals surface area contributed by atoms with Gasteiger partial charge in [0.25, 0.3) is 5.91 Å². The summed E-state index contributed by atoms with van der Waals surface area (Å²) in [5.41, 5.74) is 6.10. The number of carbonyl (C=O) groups is 1. The van der Waals surface area contributed by atoms with Gasteiger partial charge in [-0.25, -0.2) is 10.8 Å². The lowest BCUT2D eigenvalue weighted by Gasteiger charge is -2.11. The third-order valence-electron chi connectivity index (χ3n) is 3.85. The third-order valence-corrected chi connectivity index (χ3v) is 3.85. The Hall–Kier alpha value is -3.12. The van der Waals surface area contributed by atoms with Crippen molar-refractivity contribution in [1.29, 1.82) is 0 Å². The molecule has 0 unspecified atom stereocenters. The van der Waals surface area contributed by atoms with Gasteiger partial charge in [0.2, 0.25) is 0 Å². The van der Waals surface area contributed by atoms with E-state index in [1.54, 1.807) is 12.1 Å². The number of nitrogens with two attached hydrogens (primary N) is 1. The van der Waals surface area contributed by atoms with Gasteiger partial charge < -0.3 is 15.5 Å². The number of hydrogen-bond donors (Lipinski definition) is 3. The number of hydrogen-bond acceptors (Lipinski definition) is 5. The molecule has 0 aliphatic heterocycles. The predicted octanol–water partition coefficient (Wildman–Crippen LogP) is 3.15. The maximum Gasteiger partial charge on any atom is 0.262 e. The van der Waals surface area contributed by atoms with Crippen LogP contribution in [0.15, 0.2) is 48.5 Å². The minimum Gasteiger partial charge on any atom is -0.481 e. The van der Waals surface area contributed by atoms with Gasteiger partial charge in [-0.15, -0.1) is 0 Å². The van der Waals surface area contributed by atoms with E-state index in [9.17, 15) is 4.79 Å². The van der Waals surface area contributed by atoms with E-state index in [1.807, 2.05) is 50.2 Å². The molecule has 0 aliphatic rings. The lowest BCUT2D eigenvalue weighted by molar-refractivity contribution is -0.118. The maximum absolute atomic E-state index is 12.2. The molecular weight excluding hydrogens is 316 g/mol. The van der Waals surface area contributed by atoms with Gasteiger partial charge in [-0.1, -0.05) is 29.8 Å². The molecule has 2 aromatic carbocycles. The van der Waals surface area contributed by atoms with Crippen LogP contribution in [0, 0.1) is 13.8 Å². The molecule has 6 heteroatoms. The van der Waals surface area contributed by atoms with Crippen LogP contribution in [-0.4, -0.2) is 17.5 Å². The topological polar surface area (TPSA) is 89.3 Å². The summed E-state index contributed by atoms with van der Waals surface area (Å²) in [6.45, 7) is 3.87. The summed E-state index contributed by atoms with van der Waals surface area (Å²) in [6, 6.07) is 15.1. The number of ether oxygens (including phenoxy) is 1. The van der Waals surface area contributed by atoms with Crippen LogP contribution in [0.4, 0.5) is 11.5 Å². The molecule has 0 spiro atoms. The number of nitrogen functional groups attached to an aromatic ring is 1. The first kappa shape index (κ1) is 16.7. The van der Waals surface area contributed by atoms with E-state index in [0.29, 0.717) is 17.1 Å². The summed E-state index contributed by atoms with van der Waals surface area (Å²) in [5.74, 6) is 6.24. The number of carbonyl (C=O) groups excluding carboxylic acids is 1. The SMILES string of the molecule is Cc1ccc(NC(=O)COc2cccc3ccc(NN)nc23)c(C)c1. The molecule has 1 heterocycles. The molecule has 0 radical (unpaired) electrons. The number of nitrogens with zero attached hydrogens (tertiary/aromatic N) is 1. The zero-order chi connectivity index (χ0) is 17.8. The summed E-state index contributed by atoms with van der Waals surface area (Å²) in [6.07, 6.45) is 0. The molecule has 0 atom stereocenters. The summed E-state index contributed by atoms with van der Waals surface area (Å²) >= 11 is 0. The number of anilines is 2. The second-order valence-electron chi connectivity index (χ2n) is 5.82. The molecule has 4 N–H and O–H groups in total. The van der Waals surface area contributed by atoms with Gasteiger partial charge in [-0.2, -0.15) is 0 Å². The van der Waals surface area contributed by atoms with E-state index in [1.165, 1.54) is 0 Å². The van der Waals surface area contributed by atoms with Gasteiger partial charge in [-0.3, -0.25) is 4.79 Å². The largest absolute Gasteiger partial charge is 0.481 e. The van der Waals surface area contributed by atoms with Crippen molar-refractivity contribution in [1.82, 2.24) is 4.98 Å². The van der Waals surface area contributed by atoms with Crippen molar-refractivity contribution < 1.29 is 9.53 Å². The van der Waals surface area contributed by atoms with Crippen molar-refractivity contribution in [3.05, 3.63) is 59.7 Å². The zero-order valence-electron chi connectivity index (χ0n) is 14.2. The summed E-state index contributed by atoms with van der Waals surface area (Å²) < 4.78 is 5.67. The molecule has 0 saturated carbocycles. The predicted molar refractivity (Wildman–Crippen MR) is 99.6 cm³/mol. The molecule has 25 heavy (non-hydrogen) atoms. The van der Waals surface area contributed by atoms with Crippen LogP contribution in [0.2, 0.25) is 0 Å². The van der Waals surface area contributed by atoms with Gasteiger partial charge in [-0.05, 0) is 43.7 Å². The number of fused-ring (bicyclic) bond motifs is 1. The van der Waals surface area contributed by atoms with Crippen molar-refractivity contribution in [2.24, 2.45) is 5.84 Å². The van der Waals surface area contributed by atoms with E-state index >= 15 is 0 Å². The van der Waals surface area contributed by atoms with Crippen LogP contribution in [0.5, 0.6) is 5.75 Å². The number of aryl methyl sites for hydroxylation is 2. The lowest BCUT2D eigenvalue weighted by atomic mass is 10.1. The van der Waals surface area contributed by atoms with Crippen LogP contribution in [0.3, 0.4) is 0 Å². The fraction of sp³-hybridized carbons (Fsp3) is 0.158. The van der Waals surface area contributed by atoms with Crippen molar-refractivity contribution in [3.8, 4) is 5.75 Å². The Labute approximate surface area is 146 Å². The highest BCUT2D eigenvalue weighted by atomic mass is 16.5. The highest BCUT2D eigenvalue weighted by Crippen LogP contribution is 2.25. The van der Waals surface area contributed by atoms with E-state index < -0.39 is 0 Å². The van der Waals surface area contributed by atoms with Crippen molar-refractivity contribution in [2.75, 3.05) is 17.3 Å². The maximum atomic E-state index is 12.2. The molecule has 1 aromatic heterocycles. The molecular formula is C19H20N4O2. The van der Waals surface area contributed by atoms with Gasteiger partial charge in [0.15, 0.2) is 6.61 Å². The molecule has 0 fully saturated rings. The van der Waals surface area contributed by atoms with Crippen LogP contribution >= 0.6 is 0 Å². The number of rotatable bonds is 5. The van der Waals surface area contributed by atoms with Crippen molar-refractivity contribution in [2.45, 2.75) is 13.8 Å². The molecule has 0 aliphatic carbocycles. The van der Waals surface area contributed by atoms with Gasteiger partial charge in [0.1, 0.15) is 17.1 Å². The average molecular weight is 336 g/mol. The smallest absolute Gasteiger partial charge is 0.262 e. The number of pyridine rings is 1. The van der Waals surface area contributed by atoms with Crippen LogP contribution in [0.1, 0.15) is 11.1 Å².